The zero-order valence-electron chi connectivity index (χ0n) is 11.9. The van der Waals surface area contributed by atoms with Gasteiger partial charge in [0.25, 0.3) is 0 Å². The molecule has 5 nitrogen and oxygen atoms in total. The van der Waals surface area contributed by atoms with E-state index in [9.17, 15) is 13.2 Å². The van der Waals surface area contributed by atoms with Crippen LogP contribution >= 0.6 is 0 Å². The zero-order chi connectivity index (χ0) is 15.2. The van der Waals surface area contributed by atoms with Crippen molar-refractivity contribution in [2.45, 2.75) is 25.7 Å². The van der Waals surface area contributed by atoms with Gasteiger partial charge < -0.3 is 11.1 Å². The average Bonchev–Trinajstić information content (AvgIpc) is 2.34. The van der Waals surface area contributed by atoms with E-state index in [-0.39, 0.29) is 17.6 Å². The molecule has 0 saturated carbocycles. The highest BCUT2D eigenvalue weighted by atomic mass is 32.2. The summed E-state index contributed by atoms with van der Waals surface area (Å²) in [5.41, 5.74) is 7.38. The monoisotopic (exact) mass is 298 g/mol. The van der Waals surface area contributed by atoms with E-state index < -0.39 is 9.84 Å². The quantitative estimate of drug-likeness (QED) is 0.587. The van der Waals surface area contributed by atoms with E-state index in [1.54, 1.807) is 0 Å². The first-order valence-electron chi connectivity index (χ1n) is 6.58. The van der Waals surface area contributed by atoms with Gasteiger partial charge in [-0.15, -0.1) is 0 Å². The van der Waals surface area contributed by atoms with Crippen LogP contribution in [-0.2, 0) is 14.6 Å². The molecule has 1 rings (SSSR count). The van der Waals surface area contributed by atoms with E-state index in [2.05, 4.69) is 5.32 Å². The van der Waals surface area contributed by atoms with Gasteiger partial charge >= 0.3 is 0 Å². The Morgan fingerprint density at radius 3 is 2.45 bits per heavy atom. The van der Waals surface area contributed by atoms with Crippen molar-refractivity contribution in [1.82, 2.24) is 5.32 Å². The van der Waals surface area contributed by atoms with Crippen molar-refractivity contribution in [3.8, 4) is 0 Å². The van der Waals surface area contributed by atoms with E-state index >= 15 is 0 Å². The Kier molecular flexibility index (Phi) is 6.01. The molecular formula is C14H22N2O3S. The number of benzene rings is 1. The predicted octanol–water partition coefficient (Wildman–Crippen LogP) is 1.31. The maximum Gasteiger partial charge on any atom is 0.220 e. The van der Waals surface area contributed by atoms with Crippen molar-refractivity contribution in [2.75, 3.05) is 24.3 Å². The minimum absolute atomic E-state index is 0.0668. The molecule has 0 aromatic heterocycles. The van der Waals surface area contributed by atoms with E-state index in [0.29, 0.717) is 25.1 Å². The fourth-order valence-corrected chi connectivity index (χ4v) is 2.52. The summed E-state index contributed by atoms with van der Waals surface area (Å²) in [6.45, 7) is 2.36. The van der Waals surface area contributed by atoms with Crippen molar-refractivity contribution >= 4 is 21.4 Å². The van der Waals surface area contributed by atoms with Crippen molar-refractivity contribution in [3.63, 3.8) is 0 Å². The first-order chi connectivity index (χ1) is 9.28. The molecule has 20 heavy (non-hydrogen) atoms. The number of rotatable bonds is 7. The molecule has 1 atom stereocenters. The summed E-state index contributed by atoms with van der Waals surface area (Å²) in [7, 11) is -2.96. The van der Waals surface area contributed by atoms with Crippen LogP contribution in [-0.4, -0.2) is 32.9 Å². The standard InChI is InChI=1S/C14H22N2O3S/c1-11(12-4-6-13(15)7-5-12)10-14(17)16-8-3-9-20(2,18)19/h4-7,11H,3,8-10,15H2,1-2H3,(H,16,17). The number of sulfone groups is 1. The van der Waals surface area contributed by atoms with Crippen molar-refractivity contribution in [1.29, 1.82) is 0 Å². The third-order valence-corrected chi connectivity index (χ3v) is 4.04. The van der Waals surface area contributed by atoms with Gasteiger partial charge in [-0.25, -0.2) is 8.42 Å². The number of anilines is 1. The maximum absolute atomic E-state index is 11.7. The number of hydrogen-bond donors (Lipinski definition) is 2. The van der Waals surface area contributed by atoms with Gasteiger partial charge in [0.15, 0.2) is 0 Å². The molecule has 3 N–H and O–H groups in total. The first-order valence-corrected chi connectivity index (χ1v) is 8.64. The highest BCUT2D eigenvalue weighted by Gasteiger charge is 2.11. The summed E-state index contributed by atoms with van der Waals surface area (Å²) < 4.78 is 21.9. The molecule has 0 heterocycles. The lowest BCUT2D eigenvalue weighted by atomic mass is 9.97. The average molecular weight is 298 g/mol. The van der Waals surface area contributed by atoms with Gasteiger partial charge in [-0.05, 0) is 30.0 Å². The Morgan fingerprint density at radius 1 is 1.30 bits per heavy atom. The third kappa shape index (κ3) is 6.56. The first kappa shape index (κ1) is 16.5. The summed E-state index contributed by atoms with van der Waals surface area (Å²) >= 11 is 0. The molecule has 0 radical (unpaired) electrons. The molecule has 112 valence electrons. The van der Waals surface area contributed by atoms with Gasteiger partial charge in [-0.3, -0.25) is 4.79 Å². The molecule has 1 aromatic rings. The van der Waals surface area contributed by atoms with Gasteiger partial charge in [0.1, 0.15) is 9.84 Å². The topological polar surface area (TPSA) is 89.3 Å². The number of nitrogen functional groups attached to an aromatic ring is 1. The fraction of sp³-hybridized carbons (Fsp3) is 0.500. The summed E-state index contributed by atoms with van der Waals surface area (Å²) in [6, 6.07) is 7.46. The van der Waals surface area contributed by atoms with Crippen molar-refractivity contribution in [2.24, 2.45) is 0 Å². The maximum atomic E-state index is 11.7. The van der Waals surface area contributed by atoms with Crippen LogP contribution in [0.15, 0.2) is 24.3 Å². The van der Waals surface area contributed by atoms with E-state index in [1.807, 2.05) is 31.2 Å². The summed E-state index contributed by atoms with van der Waals surface area (Å²) in [5, 5.41) is 2.74. The second-order valence-corrected chi connectivity index (χ2v) is 7.36. The van der Waals surface area contributed by atoms with E-state index in [0.717, 1.165) is 5.56 Å². The minimum Gasteiger partial charge on any atom is -0.399 e. The third-order valence-electron chi connectivity index (χ3n) is 3.01. The van der Waals surface area contributed by atoms with Crippen LogP contribution in [0.2, 0.25) is 0 Å². The van der Waals surface area contributed by atoms with Crippen LogP contribution in [0.1, 0.15) is 31.2 Å². The molecule has 0 aliphatic heterocycles. The smallest absolute Gasteiger partial charge is 0.220 e. The number of amides is 1. The number of carbonyl (C=O) groups excluding carboxylic acids is 1. The number of nitrogens with one attached hydrogen (secondary N) is 1. The van der Waals surface area contributed by atoms with Gasteiger partial charge in [0, 0.05) is 24.9 Å². The van der Waals surface area contributed by atoms with Crippen LogP contribution in [0.25, 0.3) is 0 Å². The molecule has 1 amide bonds. The van der Waals surface area contributed by atoms with E-state index in [4.69, 9.17) is 5.73 Å². The predicted molar refractivity (Wildman–Crippen MR) is 81.2 cm³/mol. The van der Waals surface area contributed by atoms with Crippen LogP contribution in [0.5, 0.6) is 0 Å². The molecule has 0 bridgehead atoms. The lowest BCUT2D eigenvalue weighted by Crippen LogP contribution is -2.26. The molecule has 0 aliphatic rings. The largest absolute Gasteiger partial charge is 0.399 e. The molecule has 1 aromatic carbocycles. The summed E-state index contributed by atoms with van der Waals surface area (Å²) in [6.07, 6.45) is 2.02. The Bertz CT molecular complexity index is 538. The Morgan fingerprint density at radius 2 is 1.90 bits per heavy atom. The van der Waals surface area contributed by atoms with Gasteiger partial charge in [0.05, 0.1) is 5.75 Å². The van der Waals surface area contributed by atoms with Crippen LogP contribution in [0, 0.1) is 0 Å². The van der Waals surface area contributed by atoms with Crippen molar-refractivity contribution in [3.05, 3.63) is 29.8 Å². The Balaban J connectivity index is 2.33. The molecular weight excluding hydrogens is 276 g/mol. The van der Waals surface area contributed by atoms with Crippen LogP contribution in [0.3, 0.4) is 0 Å². The van der Waals surface area contributed by atoms with E-state index in [1.165, 1.54) is 6.26 Å². The highest BCUT2D eigenvalue weighted by molar-refractivity contribution is 7.90. The van der Waals surface area contributed by atoms with Gasteiger partial charge in [-0.2, -0.15) is 0 Å². The number of nitrogens with two attached hydrogens (primary N) is 1. The molecule has 0 spiro atoms. The minimum atomic E-state index is -2.96. The van der Waals surface area contributed by atoms with Gasteiger partial charge in [-0.1, -0.05) is 19.1 Å². The second kappa shape index (κ2) is 7.28. The molecule has 6 heteroatoms. The summed E-state index contributed by atoms with van der Waals surface area (Å²) in [4.78, 5) is 11.7. The normalized spacial score (nSPS) is 12.9. The number of carbonyl (C=O) groups is 1. The molecule has 0 aliphatic carbocycles. The second-order valence-electron chi connectivity index (χ2n) is 5.11. The highest BCUT2D eigenvalue weighted by Crippen LogP contribution is 2.19. The number of hydrogen-bond acceptors (Lipinski definition) is 4. The Labute approximate surface area is 120 Å². The summed E-state index contributed by atoms with van der Waals surface area (Å²) in [5.74, 6) is 0.134. The Hall–Kier alpha value is -1.56. The molecule has 1 unspecified atom stereocenters. The fourth-order valence-electron chi connectivity index (χ4n) is 1.85. The SMILES string of the molecule is CC(CC(=O)NCCCS(C)(=O)=O)c1ccc(N)cc1. The van der Waals surface area contributed by atoms with Crippen molar-refractivity contribution < 1.29 is 13.2 Å². The zero-order valence-corrected chi connectivity index (χ0v) is 12.7. The molecule has 0 saturated heterocycles. The lowest BCUT2D eigenvalue weighted by Gasteiger charge is -2.12. The van der Waals surface area contributed by atoms with Crippen LogP contribution in [0.4, 0.5) is 5.69 Å². The lowest BCUT2D eigenvalue weighted by molar-refractivity contribution is -0.121. The van der Waals surface area contributed by atoms with Crippen LogP contribution < -0.4 is 11.1 Å². The molecule has 0 fully saturated rings. The van der Waals surface area contributed by atoms with Gasteiger partial charge in [0.2, 0.25) is 5.91 Å².